The lowest BCUT2D eigenvalue weighted by Crippen LogP contribution is -2.26. The van der Waals surface area contributed by atoms with Crippen LogP contribution in [0.4, 0.5) is 0 Å². The number of amides is 1. The lowest BCUT2D eigenvalue weighted by molar-refractivity contribution is 0.0940. The van der Waals surface area contributed by atoms with Crippen LogP contribution in [0.1, 0.15) is 34.5 Å². The fourth-order valence-corrected chi connectivity index (χ4v) is 2.60. The number of hydrogen-bond acceptors (Lipinski definition) is 1. The normalized spacial score (nSPS) is 12.0. The number of hydrogen-bond donors (Lipinski definition) is 1. The molecule has 0 saturated carbocycles. The first-order valence-electron chi connectivity index (χ1n) is 6.30. The fourth-order valence-electron chi connectivity index (χ4n) is 1.92. The number of carbonyl (C=O) groups is 1. The van der Waals surface area contributed by atoms with Crippen molar-refractivity contribution in [2.75, 3.05) is 0 Å². The van der Waals surface area contributed by atoms with Gasteiger partial charge in [0, 0.05) is 15.1 Å². The number of aryl methyl sites for hydroxylation is 1. The molecular weight excluding hydrogens is 338 g/mol. The Hall–Kier alpha value is -1.32. The maximum absolute atomic E-state index is 12.2. The van der Waals surface area contributed by atoms with Gasteiger partial charge in [-0.3, -0.25) is 4.79 Å². The average Bonchev–Trinajstić information content (AvgIpc) is 2.42. The monoisotopic (exact) mass is 351 g/mol. The Labute approximate surface area is 132 Å². The summed E-state index contributed by atoms with van der Waals surface area (Å²) >= 11 is 9.57. The molecule has 4 heteroatoms. The van der Waals surface area contributed by atoms with E-state index in [2.05, 4.69) is 21.2 Å². The first-order valence-corrected chi connectivity index (χ1v) is 7.47. The molecule has 1 atom stereocenters. The van der Waals surface area contributed by atoms with Gasteiger partial charge in [0.2, 0.25) is 0 Å². The first kappa shape index (κ1) is 15.1. The molecule has 2 aromatic rings. The van der Waals surface area contributed by atoms with Gasteiger partial charge >= 0.3 is 0 Å². The summed E-state index contributed by atoms with van der Waals surface area (Å²) in [4.78, 5) is 12.2. The van der Waals surface area contributed by atoms with E-state index in [4.69, 9.17) is 11.6 Å². The third-order valence-corrected chi connectivity index (χ3v) is 4.35. The van der Waals surface area contributed by atoms with Crippen LogP contribution < -0.4 is 5.32 Å². The molecule has 1 amide bonds. The molecule has 0 fully saturated rings. The zero-order chi connectivity index (χ0) is 14.7. The second-order valence-corrected chi connectivity index (χ2v) is 5.94. The van der Waals surface area contributed by atoms with E-state index in [0.29, 0.717) is 10.6 Å². The van der Waals surface area contributed by atoms with Gasteiger partial charge in [0.15, 0.2) is 0 Å². The van der Waals surface area contributed by atoms with E-state index in [-0.39, 0.29) is 11.9 Å². The molecule has 0 aliphatic heterocycles. The van der Waals surface area contributed by atoms with E-state index in [1.54, 1.807) is 0 Å². The van der Waals surface area contributed by atoms with Gasteiger partial charge in [0.05, 0.1) is 6.04 Å². The van der Waals surface area contributed by atoms with Crippen molar-refractivity contribution in [3.8, 4) is 0 Å². The van der Waals surface area contributed by atoms with Gasteiger partial charge < -0.3 is 5.32 Å². The number of rotatable bonds is 3. The van der Waals surface area contributed by atoms with Crippen LogP contribution in [0.15, 0.2) is 46.9 Å². The Balaban J connectivity index is 2.15. The maximum Gasteiger partial charge on any atom is 0.251 e. The van der Waals surface area contributed by atoms with Crippen molar-refractivity contribution >= 4 is 33.4 Å². The Morgan fingerprint density at radius 1 is 1.25 bits per heavy atom. The van der Waals surface area contributed by atoms with Crippen LogP contribution in [-0.2, 0) is 0 Å². The van der Waals surface area contributed by atoms with Gasteiger partial charge in [0.1, 0.15) is 0 Å². The van der Waals surface area contributed by atoms with E-state index in [0.717, 1.165) is 15.6 Å². The summed E-state index contributed by atoms with van der Waals surface area (Å²) in [7, 11) is 0. The molecule has 2 rings (SSSR count). The number of halogens is 2. The molecule has 1 N–H and O–H groups in total. The van der Waals surface area contributed by atoms with Crippen LogP contribution in [0.5, 0.6) is 0 Å². The molecule has 2 nitrogen and oxygen atoms in total. The highest BCUT2D eigenvalue weighted by Crippen LogP contribution is 2.23. The van der Waals surface area contributed by atoms with Gasteiger partial charge in [-0.1, -0.05) is 51.8 Å². The minimum Gasteiger partial charge on any atom is -0.345 e. The van der Waals surface area contributed by atoms with Crippen LogP contribution in [0.2, 0.25) is 5.02 Å². The molecule has 2 aromatic carbocycles. The molecule has 0 aliphatic carbocycles. The Morgan fingerprint density at radius 3 is 2.60 bits per heavy atom. The van der Waals surface area contributed by atoms with E-state index in [1.807, 2.05) is 56.3 Å². The fraction of sp³-hybridized carbons (Fsp3) is 0.188. The molecular formula is C16H15BrClNO. The number of carbonyl (C=O) groups excluding carboxylic acids is 1. The van der Waals surface area contributed by atoms with Gasteiger partial charge in [-0.25, -0.2) is 0 Å². The zero-order valence-corrected chi connectivity index (χ0v) is 13.6. The predicted molar refractivity (Wildman–Crippen MR) is 86.2 cm³/mol. The smallest absolute Gasteiger partial charge is 0.251 e. The summed E-state index contributed by atoms with van der Waals surface area (Å²) < 4.78 is 0.926. The van der Waals surface area contributed by atoms with Gasteiger partial charge in [0.25, 0.3) is 5.91 Å². The summed E-state index contributed by atoms with van der Waals surface area (Å²) in [6.45, 7) is 3.90. The minimum atomic E-state index is -0.142. The number of nitrogens with one attached hydrogen (secondary N) is 1. The zero-order valence-electron chi connectivity index (χ0n) is 11.3. The second kappa shape index (κ2) is 6.42. The molecule has 0 saturated heterocycles. The molecule has 0 bridgehead atoms. The Bertz CT molecular complexity index is 642. The maximum atomic E-state index is 12.2. The van der Waals surface area contributed by atoms with Crippen LogP contribution >= 0.6 is 27.5 Å². The van der Waals surface area contributed by atoms with Crippen LogP contribution in [0.3, 0.4) is 0 Å². The van der Waals surface area contributed by atoms with Crippen molar-refractivity contribution in [3.63, 3.8) is 0 Å². The minimum absolute atomic E-state index is 0.113. The second-order valence-electron chi connectivity index (χ2n) is 4.68. The van der Waals surface area contributed by atoms with Gasteiger partial charge in [-0.05, 0) is 43.2 Å². The van der Waals surface area contributed by atoms with E-state index in [1.165, 1.54) is 0 Å². The van der Waals surface area contributed by atoms with E-state index in [9.17, 15) is 4.79 Å². The SMILES string of the molecule is Cc1ccc(C(=O)NC(C)c2ccccc2Cl)cc1Br. The van der Waals surface area contributed by atoms with Crippen molar-refractivity contribution in [1.82, 2.24) is 5.32 Å². The molecule has 0 aliphatic rings. The Morgan fingerprint density at radius 2 is 1.95 bits per heavy atom. The van der Waals surface area contributed by atoms with E-state index >= 15 is 0 Å². The topological polar surface area (TPSA) is 29.1 Å². The van der Waals surface area contributed by atoms with Crippen molar-refractivity contribution in [2.45, 2.75) is 19.9 Å². The molecule has 1 unspecified atom stereocenters. The highest BCUT2D eigenvalue weighted by molar-refractivity contribution is 9.10. The molecule has 0 radical (unpaired) electrons. The summed E-state index contributed by atoms with van der Waals surface area (Å²) in [5.41, 5.74) is 2.63. The molecule has 0 heterocycles. The quantitative estimate of drug-likeness (QED) is 0.836. The first-order chi connectivity index (χ1) is 9.49. The largest absolute Gasteiger partial charge is 0.345 e. The molecule has 104 valence electrons. The predicted octanol–water partition coefficient (Wildman–Crippen LogP) is 4.90. The molecule has 0 aromatic heterocycles. The third kappa shape index (κ3) is 3.41. The summed E-state index contributed by atoms with van der Waals surface area (Å²) in [6, 6.07) is 12.9. The summed E-state index contributed by atoms with van der Waals surface area (Å²) in [5.74, 6) is -0.113. The highest BCUT2D eigenvalue weighted by Gasteiger charge is 2.14. The third-order valence-electron chi connectivity index (χ3n) is 3.15. The van der Waals surface area contributed by atoms with Crippen LogP contribution in [0.25, 0.3) is 0 Å². The Kier molecular flexibility index (Phi) is 4.84. The van der Waals surface area contributed by atoms with Crippen molar-refractivity contribution in [2.24, 2.45) is 0 Å². The highest BCUT2D eigenvalue weighted by atomic mass is 79.9. The lowest BCUT2D eigenvalue weighted by Gasteiger charge is -2.16. The lowest BCUT2D eigenvalue weighted by atomic mass is 10.1. The van der Waals surface area contributed by atoms with Crippen molar-refractivity contribution < 1.29 is 4.79 Å². The standard InChI is InChI=1S/C16H15BrClNO/c1-10-7-8-12(9-14(10)17)16(20)19-11(2)13-5-3-4-6-15(13)18/h3-9,11H,1-2H3,(H,19,20). The van der Waals surface area contributed by atoms with E-state index < -0.39 is 0 Å². The van der Waals surface area contributed by atoms with Gasteiger partial charge in [-0.15, -0.1) is 0 Å². The average molecular weight is 353 g/mol. The van der Waals surface area contributed by atoms with Crippen LogP contribution in [0, 0.1) is 6.92 Å². The van der Waals surface area contributed by atoms with Crippen LogP contribution in [-0.4, -0.2) is 5.91 Å². The van der Waals surface area contributed by atoms with Crippen molar-refractivity contribution in [3.05, 3.63) is 68.7 Å². The number of benzene rings is 2. The van der Waals surface area contributed by atoms with Crippen molar-refractivity contribution in [1.29, 1.82) is 0 Å². The molecule has 0 spiro atoms. The summed E-state index contributed by atoms with van der Waals surface area (Å²) in [5, 5.41) is 3.61. The summed E-state index contributed by atoms with van der Waals surface area (Å²) in [6.07, 6.45) is 0. The van der Waals surface area contributed by atoms with Gasteiger partial charge in [-0.2, -0.15) is 0 Å². The molecule has 20 heavy (non-hydrogen) atoms.